The fraction of sp³-hybridized carbons (Fsp3) is 0.360. The third-order valence-electron chi connectivity index (χ3n) is 6.33. The van der Waals surface area contributed by atoms with Gasteiger partial charge in [0.2, 0.25) is 21.8 Å². The summed E-state index contributed by atoms with van der Waals surface area (Å²) in [6.45, 7) is 4.20. The van der Waals surface area contributed by atoms with Crippen molar-refractivity contribution in [3.8, 4) is 0 Å². The molecule has 3 unspecified atom stereocenters. The van der Waals surface area contributed by atoms with E-state index in [1.54, 1.807) is 12.1 Å². The molecular weight excluding hydrogens is 438 g/mol. The number of anilines is 1. The Morgan fingerprint density at radius 2 is 1.73 bits per heavy atom. The molecule has 8 heteroatoms. The van der Waals surface area contributed by atoms with Gasteiger partial charge in [-0.25, -0.2) is 8.42 Å². The van der Waals surface area contributed by atoms with E-state index >= 15 is 0 Å². The number of nitrogens with one attached hydrogen (secondary N) is 2. The van der Waals surface area contributed by atoms with Gasteiger partial charge in [-0.3, -0.25) is 9.59 Å². The predicted molar refractivity (Wildman–Crippen MR) is 127 cm³/mol. The van der Waals surface area contributed by atoms with E-state index in [0.29, 0.717) is 31.6 Å². The Morgan fingerprint density at radius 3 is 2.42 bits per heavy atom. The molecule has 33 heavy (non-hydrogen) atoms. The van der Waals surface area contributed by atoms with Crippen LogP contribution >= 0.6 is 0 Å². The summed E-state index contributed by atoms with van der Waals surface area (Å²) in [7, 11) is -3.65. The first-order valence-corrected chi connectivity index (χ1v) is 12.7. The van der Waals surface area contributed by atoms with E-state index in [-0.39, 0.29) is 34.6 Å². The van der Waals surface area contributed by atoms with Crippen molar-refractivity contribution in [1.82, 2.24) is 9.62 Å². The number of rotatable bonds is 7. The van der Waals surface area contributed by atoms with Gasteiger partial charge in [-0.2, -0.15) is 4.31 Å². The maximum absolute atomic E-state index is 13.1. The summed E-state index contributed by atoms with van der Waals surface area (Å²) in [5.41, 5.74) is 1.75. The van der Waals surface area contributed by atoms with Gasteiger partial charge in [0.05, 0.1) is 4.90 Å². The molecule has 2 aromatic carbocycles. The topological polar surface area (TPSA) is 95.6 Å². The van der Waals surface area contributed by atoms with Crippen molar-refractivity contribution in [2.75, 3.05) is 18.4 Å². The van der Waals surface area contributed by atoms with Gasteiger partial charge in [-0.15, -0.1) is 0 Å². The number of carbonyl (C=O) groups excluding carboxylic acids is 2. The van der Waals surface area contributed by atoms with E-state index in [0.717, 1.165) is 12.8 Å². The van der Waals surface area contributed by atoms with E-state index < -0.39 is 10.0 Å². The molecule has 7 nitrogen and oxygen atoms in total. The van der Waals surface area contributed by atoms with Crippen LogP contribution in [0.1, 0.15) is 37.2 Å². The van der Waals surface area contributed by atoms with Crippen LogP contribution < -0.4 is 10.6 Å². The van der Waals surface area contributed by atoms with Crippen molar-refractivity contribution >= 4 is 27.5 Å². The van der Waals surface area contributed by atoms with Gasteiger partial charge in [0.25, 0.3) is 0 Å². The maximum atomic E-state index is 13.1. The average molecular weight is 468 g/mol. The predicted octanol–water partition coefficient (Wildman–Crippen LogP) is 3.27. The van der Waals surface area contributed by atoms with E-state index in [1.165, 1.54) is 28.1 Å². The Bertz CT molecular complexity index is 1120. The minimum absolute atomic E-state index is 0.0420. The third-order valence-corrected chi connectivity index (χ3v) is 8.25. The normalized spacial score (nSPS) is 23.2. The summed E-state index contributed by atoms with van der Waals surface area (Å²) in [5.74, 6) is -0.0915. The van der Waals surface area contributed by atoms with E-state index in [2.05, 4.69) is 17.2 Å². The molecule has 2 N–H and O–H groups in total. The first kappa shape index (κ1) is 23.2. The lowest BCUT2D eigenvalue weighted by atomic mass is 10.1. The van der Waals surface area contributed by atoms with Crippen LogP contribution in [0.4, 0.5) is 5.69 Å². The van der Waals surface area contributed by atoms with Gasteiger partial charge in [-0.1, -0.05) is 36.9 Å². The lowest BCUT2D eigenvalue weighted by Crippen LogP contribution is -2.36. The molecule has 174 valence electrons. The Balaban J connectivity index is 1.35. The molecule has 2 fully saturated rings. The minimum atomic E-state index is -3.65. The van der Waals surface area contributed by atoms with Gasteiger partial charge in [0.15, 0.2) is 0 Å². The quantitative estimate of drug-likeness (QED) is 0.611. The smallest absolute Gasteiger partial charge is 0.243 e. The standard InChI is InChI=1S/C25H29N3O4S/c1-2-24(29)26-19-9-6-15-28(16-14-19)33(31,32)21-12-10-20(11-13-21)27-25(30)23-17-22(23)18-7-4-3-5-8-18/h2-5,7-8,10-13,19,22-23H,1,6,9,14-17H2,(H,26,29)(H,27,30). The van der Waals surface area contributed by atoms with Gasteiger partial charge in [-0.05, 0) is 67.5 Å². The summed E-state index contributed by atoms with van der Waals surface area (Å²) in [4.78, 5) is 24.3. The Morgan fingerprint density at radius 1 is 1.00 bits per heavy atom. The molecular formula is C25H29N3O4S. The number of benzene rings is 2. The molecule has 1 heterocycles. The molecule has 0 radical (unpaired) electrons. The van der Waals surface area contributed by atoms with Crippen molar-refractivity contribution < 1.29 is 18.0 Å². The van der Waals surface area contributed by atoms with Crippen molar-refractivity contribution in [3.05, 3.63) is 72.8 Å². The highest BCUT2D eigenvalue weighted by molar-refractivity contribution is 7.89. The molecule has 0 aromatic heterocycles. The van der Waals surface area contributed by atoms with Crippen molar-refractivity contribution in [2.24, 2.45) is 5.92 Å². The van der Waals surface area contributed by atoms with Gasteiger partial charge >= 0.3 is 0 Å². The van der Waals surface area contributed by atoms with Gasteiger partial charge in [0.1, 0.15) is 0 Å². The minimum Gasteiger partial charge on any atom is -0.350 e. The Labute approximate surface area is 194 Å². The average Bonchev–Trinajstić information content (AvgIpc) is 3.65. The second-order valence-corrected chi connectivity index (χ2v) is 10.6. The monoisotopic (exact) mass is 467 g/mol. The molecule has 2 aliphatic rings. The largest absolute Gasteiger partial charge is 0.350 e. The lowest BCUT2D eigenvalue weighted by molar-refractivity contribution is -0.118. The fourth-order valence-electron chi connectivity index (χ4n) is 4.36. The number of hydrogen-bond acceptors (Lipinski definition) is 4. The molecule has 0 bridgehead atoms. The van der Waals surface area contributed by atoms with Crippen LogP contribution in [0.15, 0.2) is 72.1 Å². The first-order valence-electron chi connectivity index (χ1n) is 11.3. The molecule has 1 saturated heterocycles. The van der Waals surface area contributed by atoms with E-state index in [1.807, 2.05) is 30.3 Å². The van der Waals surface area contributed by atoms with E-state index in [9.17, 15) is 18.0 Å². The number of sulfonamides is 1. The van der Waals surface area contributed by atoms with Crippen molar-refractivity contribution in [3.63, 3.8) is 0 Å². The van der Waals surface area contributed by atoms with Crippen molar-refractivity contribution in [2.45, 2.75) is 42.5 Å². The van der Waals surface area contributed by atoms with Crippen LogP contribution in [0, 0.1) is 5.92 Å². The zero-order chi connectivity index (χ0) is 23.4. The molecule has 1 saturated carbocycles. The SMILES string of the molecule is C=CC(=O)NC1CCCN(S(=O)(=O)c2ccc(NC(=O)C3CC3c3ccccc3)cc2)CC1. The third kappa shape index (κ3) is 5.51. The molecule has 3 atom stereocenters. The summed E-state index contributed by atoms with van der Waals surface area (Å²) in [5, 5.41) is 5.76. The van der Waals surface area contributed by atoms with Crippen LogP contribution in [0.5, 0.6) is 0 Å². The van der Waals surface area contributed by atoms with Crippen molar-refractivity contribution in [1.29, 1.82) is 0 Å². The van der Waals surface area contributed by atoms with Crippen LogP contribution in [0.2, 0.25) is 0 Å². The Kier molecular flexibility index (Phi) is 6.95. The molecule has 2 amide bonds. The zero-order valence-electron chi connectivity index (χ0n) is 18.4. The molecule has 0 spiro atoms. The number of hydrogen-bond donors (Lipinski definition) is 2. The summed E-state index contributed by atoms with van der Waals surface area (Å²) >= 11 is 0. The van der Waals surface area contributed by atoms with Crippen LogP contribution in [0.25, 0.3) is 0 Å². The van der Waals surface area contributed by atoms with Gasteiger partial charge in [0, 0.05) is 30.7 Å². The summed E-state index contributed by atoms with van der Waals surface area (Å²) < 4.78 is 27.7. The fourth-order valence-corrected chi connectivity index (χ4v) is 5.86. The van der Waals surface area contributed by atoms with Crippen LogP contribution in [-0.4, -0.2) is 43.7 Å². The van der Waals surface area contributed by atoms with E-state index in [4.69, 9.17) is 0 Å². The second-order valence-electron chi connectivity index (χ2n) is 8.62. The zero-order valence-corrected chi connectivity index (χ0v) is 19.3. The highest BCUT2D eigenvalue weighted by Gasteiger charge is 2.43. The molecule has 4 rings (SSSR count). The Hall–Kier alpha value is -2.97. The summed E-state index contributed by atoms with van der Waals surface area (Å²) in [6, 6.07) is 16.3. The summed E-state index contributed by atoms with van der Waals surface area (Å²) in [6.07, 6.45) is 3.99. The van der Waals surface area contributed by atoms with Crippen LogP contribution in [-0.2, 0) is 19.6 Å². The highest BCUT2D eigenvalue weighted by atomic mass is 32.2. The molecule has 2 aromatic rings. The second kappa shape index (κ2) is 9.89. The van der Waals surface area contributed by atoms with Gasteiger partial charge < -0.3 is 10.6 Å². The highest BCUT2D eigenvalue weighted by Crippen LogP contribution is 2.47. The number of amides is 2. The number of carbonyl (C=O) groups is 2. The first-order chi connectivity index (χ1) is 15.9. The molecule has 1 aliphatic carbocycles. The van der Waals surface area contributed by atoms with Crippen LogP contribution in [0.3, 0.4) is 0 Å². The maximum Gasteiger partial charge on any atom is 0.243 e. The molecule has 1 aliphatic heterocycles. The number of nitrogens with zero attached hydrogens (tertiary/aromatic N) is 1. The lowest BCUT2D eigenvalue weighted by Gasteiger charge is -2.20.